The molecule has 1 aromatic heterocycles. The largest absolute Gasteiger partial charge is 0.376 e. The van der Waals surface area contributed by atoms with Crippen LogP contribution in [0.1, 0.15) is 50.5 Å². The van der Waals surface area contributed by atoms with Crippen LogP contribution in [0.2, 0.25) is 0 Å². The number of nitrogens with zero attached hydrogens (tertiary/aromatic N) is 5. The number of aromatic nitrogens is 4. The maximum absolute atomic E-state index is 12.5. The molecule has 27 heavy (non-hydrogen) atoms. The van der Waals surface area contributed by atoms with Crippen LogP contribution in [0.15, 0.2) is 30.3 Å². The number of benzene rings is 1. The highest BCUT2D eigenvalue weighted by atomic mass is 16.5. The maximum atomic E-state index is 12.5. The number of aryl methyl sites for hydroxylation is 1. The van der Waals surface area contributed by atoms with Gasteiger partial charge in [0.2, 0.25) is 5.95 Å². The third-order valence-corrected chi connectivity index (χ3v) is 5.94. The molecule has 144 valence electrons. The Morgan fingerprint density at radius 1 is 1.15 bits per heavy atom. The molecule has 0 N–H and O–H groups in total. The van der Waals surface area contributed by atoms with Crippen molar-refractivity contribution in [3.8, 4) is 0 Å². The smallest absolute Gasteiger partial charge is 0.246 e. The van der Waals surface area contributed by atoms with Gasteiger partial charge in [0.15, 0.2) is 5.78 Å². The molecule has 2 heterocycles. The van der Waals surface area contributed by atoms with Gasteiger partial charge in [0.25, 0.3) is 0 Å². The standard InChI is InChI=1S/C20H27N5O2/c1-14-12-19(26)18(25(14)20-21-22-23-24(20)2)13-27-17-10-8-16(9-11-17)15-6-4-3-5-7-15/h3-7,14,16-18H,8-13H2,1-2H3/t14-,16-,17+,18+/m1/s1. The number of rotatable bonds is 5. The minimum Gasteiger partial charge on any atom is -0.376 e. The fraction of sp³-hybridized carbons (Fsp3) is 0.600. The van der Waals surface area contributed by atoms with E-state index in [9.17, 15) is 4.79 Å². The van der Waals surface area contributed by atoms with E-state index in [1.165, 1.54) is 5.56 Å². The molecule has 1 aliphatic heterocycles. The fourth-order valence-corrected chi connectivity index (χ4v) is 4.46. The number of anilines is 1. The van der Waals surface area contributed by atoms with Crippen molar-refractivity contribution in [3.63, 3.8) is 0 Å². The predicted molar refractivity (Wildman–Crippen MR) is 102 cm³/mol. The van der Waals surface area contributed by atoms with Crippen LogP contribution in [0.25, 0.3) is 0 Å². The number of hydrogen-bond donors (Lipinski definition) is 0. The summed E-state index contributed by atoms with van der Waals surface area (Å²) in [4.78, 5) is 14.5. The van der Waals surface area contributed by atoms with Crippen LogP contribution in [-0.4, -0.2) is 50.8 Å². The zero-order chi connectivity index (χ0) is 18.8. The Morgan fingerprint density at radius 3 is 2.56 bits per heavy atom. The van der Waals surface area contributed by atoms with E-state index in [-0.39, 0.29) is 24.0 Å². The van der Waals surface area contributed by atoms with E-state index < -0.39 is 0 Å². The molecule has 2 fully saturated rings. The summed E-state index contributed by atoms with van der Waals surface area (Å²) in [5.41, 5.74) is 1.43. The Bertz CT molecular complexity index is 770. The summed E-state index contributed by atoms with van der Waals surface area (Å²) in [6.07, 6.45) is 5.11. The summed E-state index contributed by atoms with van der Waals surface area (Å²) in [5, 5.41) is 11.7. The van der Waals surface area contributed by atoms with Gasteiger partial charge in [0.1, 0.15) is 6.04 Å². The average Bonchev–Trinajstić information content (AvgIpc) is 3.22. The van der Waals surface area contributed by atoms with Crippen LogP contribution < -0.4 is 4.90 Å². The number of Topliss-reactive ketones (excluding diaryl/α,β-unsaturated/α-hetero) is 1. The predicted octanol–water partition coefficient (Wildman–Crippen LogP) is 2.49. The monoisotopic (exact) mass is 369 g/mol. The first kappa shape index (κ1) is 18.1. The van der Waals surface area contributed by atoms with Crippen LogP contribution in [0.5, 0.6) is 0 Å². The molecule has 1 aliphatic carbocycles. The lowest BCUT2D eigenvalue weighted by Gasteiger charge is -2.31. The fourth-order valence-electron chi connectivity index (χ4n) is 4.46. The molecular weight excluding hydrogens is 342 g/mol. The zero-order valence-corrected chi connectivity index (χ0v) is 16.0. The van der Waals surface area contributed by atoms with E-state index in [4.69, 9.17) is 4.74 Å². The van der Waals surface area contributed by atoms with E-state index in [0.29, 0.717) is 24.9 Å². The van der Waals surface area contributed by atoms with Gasteiger partial charge in [0, 0.05) is 19.5 Å². The Labute approximate surface area is 159 Å². The third kappa shape index (κ3) is 3.74. The molecule has 0 bridgehead atoms. The van der Waals surface area contributed by atoms with Gasteiger partial charge in [-0.1, -0.05) is 35.4 Å². The second-order valence-electron chi connectivity index (χ2n) is 7.76. The number of tetrazole rings is 1. The first-order valence-electron chi connectivity index (χ1n) is 9.83. The minimum absolute atomic E-state index is 0.0876. The molecule has 0 unspecified atom stereocenters. The molecule has 0 amide bonds. The molecular formula is C20H27N5O2. The van der Waals surface area contributed by atoms with Crippen LogP contribution in [0.3, 0.4) is 0 Å². The highest BCUT2D eigenvalue weighted by molar-refractivity contribution is 5.91. The molecule has 7 nitrogen and oxygen atoms in total. The van der Waals surface area contributed by atoms with Crippen LogP contribution in [0.4, 0.5) is 5.95 Å². The molecule has 2 aliphatic rings. The number of carbonyl (C=O) groups is 1. The number of ether oxygens (including phenoxy) is 1. The lowest BCUT2D eigenvalue weighted by Crippen LogP contribution is -2.42. The summed E-state index contributed by atoms with van der Waals surface area (Å²) < 4.78 is 7.82. The van der Waals surface area contributed by atoms with E-state index in [0.717, 1.165) is 25.7 Å². The van der Waals surface area contributed by atoms with Crippen molar-refractivity contribution in [1.82, 2.24) is 20.2 Å². The quantitative estimate of drug-likeness (QED) is 0.806. The Kier molecular flexibility index (Phi) is 5.20. The van der Waals surface area contributed by atoms with Gasteiger partial charge in [-0.05, 0) is 54.5 Å². The van der Waals surface area contributed by atoms with Gasteiger partial charge in [-0.25, -0.2) is 4.68 Å². The van der Waals surface area contributed by atoms with Crippen LogP contribution >= 0.6 is 0 Å². The first-order chi connectivity index (χ1) is 13.1. The van der Waals surface area contributed by atoms with Crippen molar-refractivity contribution in [2.24, 2.45) is 7.05 Å². The van der Waals surface area contributed by atoms with Crippen LogP contribution in [0, 0.1) is 0 Å². The molecule has 2 atom stereocenters. The number of hydrogen-bond acceptors (Lipinski definition) is 6. The van der Waals surface area contributed by atoms with E-state index in [1.54, 1.807) is 11.7 Å². The normalized spacial score (nSPS) is 28.7. The molecule has 7 heteroatoms. The topological polar surface area (TPSA) is 73.1 Å². The van der Waals surface area contributed by atoms with Gasteiger partial charge >= 0.3 is 0 Å². The van der Waals surface area contributed by atoms with Crippen molar-refractivity contribution in [1.29, 1.82) is 0 Å². The van der Waals surface area contributed by atoms with Crippen molar-refractivity contribution in [3.05, 3.63) is 35.9 Å². The molecule has 1 saturated carbocycles. The molecule has 1 saturated heterocycles. The maximum Gasteiger partial charge on any atom is 0.246 e. The highest BCUT2D eigenvalue weighted by Gasteiger charge is 2.41. The van der Waals surface area contributed by atoms with Crippen LogP contribution in [-0.2, 0) is 16.6 Å². The second-order valence-corrected chi connectivity index (χ2v) is 7.76. The van der Waals surface area contributed by atoms with E-state index in [2.05, 4.69) is 45.9 Å². The first-order valence-corrected chi connectivity index (χ1v) is 9.83. The Morgan fingerprint density at radius 2 is 1.89 bits per heavy atom. The summed E-state index contributed by atoms with van der Waals surface area (Å²) in [5.74, 6) is 1.47. The average molecular weight is 369 g/mol. The van der Waals surface area contributed by atoms with Crippen molar-refractivity contribution in [2.45, 2.75) is 63.1 Å². The Hall–Kier alpha value is -2.28. The molecule has 0 spiro atoms. The zero-order valence-electron chi connectivity index (χ0n) is 16.0. The number of carbonyl (C=O) groups excluding carboxylic acids is 1. The summed E-state index contributed by atoms with van der Waals surface area (Å²) >= 11 is 0. The molecule has 2 aromatic rings. The van der Waals surface area contributed by atoms with Gasteiger partial charge in [-0.2, -0.15) is 0 Å². The molecule has 1 aromatic carbocycles. The van der Waals surface area contributed by atoms with Gasteiger partial charge in [0.05, 0.1) is 12.7 Å². The van der Waals surface area contributed by atoms with Crippen molar-refractivity contribution >= 4 is 11.7 Å². The van der Waals surface area contributed by atoms with Gasteiger partial charge in [-0.15, -0.1) is 0 Å². The van der Waals surface area contributed by atoms with Gasteiger partial charge < -0.3 is 9.64 Å². The van der Waals surface area contributed by atoms with E-state index in [1.807, 2.05) is 11.8 Å². The van der Waals surface area contributed by atoms with Crippen molar-refractivity contribution < 1.29 is 9.53 Å². The summed E-state index contributed by atoms with van der Waals surface area (Å²) in [7, 11) is 1.80. The third-order valence-electron chi connectivity index (χ3n) is 5.94. The van der Waals surface area contributed by atoms with Crippen molar-refractivity contribution in [2.75, 3.05) is 11.5 Å². The SMILES string of the molecule is C[C@@H]1CC(=O)[C@H](CO[C@H]2CC[C@@H](c3ccccc3)CC2)N1c1nnnn1C. The number of ketones is 1. The summed E-state index contributed by atoms with van der Waals surface area (Å²) in [6, 6.07) is 10.5. The lowest BCUT2D eigenvalue weighted by molar-refractivity contribution is -0.120. The lowest BCUT2D eigenvalue weighted by atomic mass is 9.83. The highest BCUT2D eigenvalue weighted by Crippen LogP contribution is 2.34. The minimum atomic E-state index is -0.295. The molecule has 4 rings (SSSR count). The Balaban J connectivity index is 1.34. The molecule has 0 radical (unpaired) electrons. The second kappa shape index (κ2) is 7.76. The van der Waals surface area contributed by atoms with E-state index >= 15 is 0 Å². The summed E-state index contributed by atoms with van der Waals surface area (Å²) in [6.45, 7) is 2.45. The van der Waals surface area contributed by atoms with Gasteiger partial charge in [-0.3, -0.25) is 4.79 Å².